The predicted octanol–water partition coefficient (Wildman–Crippen LogP) is 8.58. The summed E-state index contributed by atoms with van der Waals surface area (Å²) < 4.78 is 5.94. The minimum Gasteiger partial charge on any atom is -0.345 e. The molecule has 0 saturated carbocycles. The lowest BCUT2D eigenvalue weighted by Crippen LogP contribution is -2.15. The van der Waals surface area contributed by atoms with Crippen molar-refractivity contribution in [2.24, 2.45) is 0 Å². The van der Waals surface area contributed by atoms with Crippen LogP contribution in [0.15, 0.2) is 83.5 Å². The van der Waals surface area contributed by atoms with Crippen LogP contribution < -0.4 is 5.32 Å². The third kappa shape index (κ3) is 3.91. The molecule has 36 heavy (non-hydrogen) atoms. The quantitative estimate of drug-likeness (QED) is 0.225. The molecule has 6 rings (SSSR count). The van der Waals surface area contributed by atoms with Crippen LogP contribution in [0, 0.1) is 13.8 Å². The summed E-state index contributed by atoms with van der Waals surface area (Å²) in [5.41, 5.74) is 12.2. The lowest BCUT2D eigenvalue weighted by atomic mass is 9.98. The second kappa shape index (κ2) is 9.38. The van der Waals surface area contributed by atoms with Gasteiger partial charge < -0.3 is 9.88 Å². The molecule has 1 aliphatic heterocycles. The fourth-order valence-corrected chi connectivity index (χ4v) is 6.02. The smallest absolute Gasteiger partial charge is 0.128 e. The van der Waals surface area contributed by atoms with Gasteiger partial charge in [-0.2, -0.15) is 0 Å². The number of anilines is 1. The standard InChI is InChI=1S/C31H28BrN3S/c1-20-9-8-13-26(21(20)2)33-30(36)29-28(23-10-4-3-5-11-23)25-12-6-7-18-34-27(19-35(29)31(25)34)22-14-16-24(32)17-15-22/h3-5,8-11,13-17,19H,6-7,12,18H2,1-2H3,(H,33,36). The molecule has 0 spiro atoms. The first-order valence-corrected chi connectivity index (χ1v) is 13.7. The number of nitrogens with one attached hydrogen (secondary N) is 1. The number of hydrogen-bond acceptors (Lipinski definition) is 1. The van der Waals surface area contributed by atoms with Crippen LogP contribution in [0.25, 0.3) is 28.0 Å². The lowest BCUT2D eigenvalue weighted by Gasteiger charge is -2.14. The number of benzene rings is 3. The van der Waals surface area contributed by atoms with Crippen molar-refractivity contribution in [2.75, 3.05) is 5.32 Å². The number of nitrogens with zero attached hydrogens (tertiary/aromatic N) is 2. The SMILES string of the molecule is Cc1cccc(NC(=S)c2c(-c3ccccc3)c3c4n(c(-c5ccc(Br)cc5)cn24)CCCC3)c1C. The van der Waals surface area contributed by atoms with Crippen molar-refractivity contribution >= 4 is 44.5 Å². The molecule has 5 aromatic rings. The summed E-state index contributed by atoms with van der Waals surface area (Å²) in [6.45, 7) is 5.30. The molecule has 3 heterocycles. The van der Waals surface area contributed by atoms with Gasteiger partial charge in [0.05, 0.1) is 11.4 Å². The molecule has 0 saturated heterocycles. The van der Waals surface area contributed by atoms with E-state index in [0.29, 0.717) is 0 Å². The zero-order valence-electron chi connectivity index (χ0n) is 20.5. The van der Waals surface area contributed by atoms with Crippen molar-refractivity contribution in [3.63, 3.8) is 0 Å². The molecule has 180 valence electrons. The maximum atomic E-state index is 6.17. The molecule has 3 nitrogen and oxygen atoms in total. The first-order valence-electron chi connectivity index (χ1n) is 12.5. The van der Waals surface area contributed by atoms with Crippen LogP contribution in [-0.2, 0) is 13.0 Å². The van der Waals surface area contributed by atoms with Crippen molar-refractivity contribution in [3.05, 3.63) is 106 Å². The van der Waals surface area contributed by atoms with Crippen molar-refractivity contribution in [1.82, 2.24) is 8.97 Å². The van der Waals surface area contributed by atoms with E-state index in [1.807, 2.05) is 0 Å². The molecule has 1 N–H and O–H groups in total. The fraction of sp³-hybridized carbons (Fsp3) is 0.194. The molecule has 2 aromatic heterocycles. The molecular formula is C31H28BrN3S. The topological polar surface area (TPSA) is 21.4 Å². The van der Waals surface area contributed by atoms with Crippen molar-refractivity contribution in [3.8, 4) is 22.4 Å². The Morgan fingerprint density at radius 2 is 1.67 bits per heavy atom. The number of rotatable bonds is 4. The minimum absolute atomic E-state index is 0.754. The van der Waals surface area contributed by atoms with Gasteiger partial charge in [0.1, 0.15) is 10.6 Å². The van der Waals surface area contributed by atoms with Crippen molar-refractivity contribution < 1.29 is 0 Å². The summed E-state index contributed by atoms with van der Waals surface area (Å²) in [5, 5.41) is 3.61. The Morgan fingerprint density at radius 3 is 2.44 bits per heavy atom. The highest BCUT2D eigenvalue weighted by Gasteiger charge is 2.28. The van der Waals surface area contributed by atoms with Crippen LogP contribution >= 0.6 is 28.1 Å². The van der Waals surface area contributed by atoms with Gasteiger partial charge in [-0.05, 0) is 73.6 Å². The van der Waals surface area contributed by atoms with Gasteiger partial charge in [-0.1, -0.05) is 82.7 Å². The molecule has 0 unspecified atom stereocenters. The van der Waals surface area contributed by atoms with E-state index in [0.717, 1.165) is 46.6 Å². The van der Waals surface area contributed by atoms with Crippen LogP contribution in [0.5, 0.6) is 0 Å². The van der Waals surface area contributed by atoms with E-state index in [9.17, 15) is 0 Å². The van der Waals surface area contributed by atoms with E-state index < -0.39 is 0 Å². The fourth-order valence-electron chi connectivity index (χ4n) is 5.44. The average molecular weight is 555 g/mol. The van der Waals surface area contributed by atoms with E-state index in [1.165, 1.54) is 44.7 Å². The summed E-state index contributed by atoms with van der Waals surface area (Å²) in [5.74, 6) is 0. The van der Waals surface area contributed by atoms with E-state index in [-0.39, 0.29) is 0 Å². The highest BCUT2D eigenvalue weighted by Crippen LogP contribution is 2.40. The number of aryl methyl sites for hydroxylation is 3. The molecule has 0 bridgehead atoms. The third-order valence-electron chi connectivity index (χ3n) is 7.40. The summed E-state index contributed by atoms with van der Waals surface area (Å²) in [7, 11) is 0. The zero-order chi connectivity index (χ0) is 24.8. The highest BCUT2D eigenvalue weighted by molar-refractivity contribution is 9.10. The van der Waals surface area contributed by atoms with E-state index in [1.54, 1.807) is 0 Å². The lowest BCUT2D eigenvalue weighted by molar-refractivity contribution is 0.647. The second-order valence-corrected chi connectivity index (χ2v) is 10.9. The van der Waals surface area contributed by atoms with Gasteiger partial charge in [-0.25, -0.2) is 0 Å². The van der Waals surface area contributed by atoms with Crippen molar-refractivity contribution in [1.29, 1.82) is 0 Å². The first kappa shape index (κ1) is 23.3. The van der Waals surface area contributed by atoms with Crippen molar-refractivity contribution in [2.45, 2.75) is 39.7 Å². The number of aromatic nitrogens is 2. The van der Waals surface area contributed by atoms with Gasteiger partial charge >= 0.3 is 0 Å². The van der Waals surface area contributed by atoms with Crippen LogP contribution in [-0.4, -0.2) is 14.0 Å². The number of imidazole rings is 1. The molecule has 5 heteroatoms. The van der Waals surface area contributed by atoms with Gasteiger partial charge in [-0.3, -0.25) is 4.40 Å². The Hall–Kier alpha value is -3.15. The van der Waals surface area contributed by atoms with Gasteiger partial charge in [-0.15, -0.1) is 0 Å². The summed E-state index contributed by atoms with van der Waals surface area (Å²) in [6.07, 6.45) is 5.66. The molecular weight excluding hydrogens is 526 g/mol. The Kier molecular flexibility index (Phi) is 6.06. The number of thiocarbonyl (C=S) groups is 1. The Morgan fingerprint density at radius 1 is 0.889 bits per heavy atom. The molecule has 0 amide bonds. The Bertz CT molecular complexity index is 1590. The summed E-state index contributed by atoms with van der Waals surface area (Å²) >= 11 is 9.76. The monoisotopic (exact) mass is 553 g/mol. The summed E-state index contributed by atoms with van der Waals surface area (Å²) in [4.78, 5) is 0.754. The van der Waals surface area contributed by atoms with Gasteiger partial charge in [0.25, 0.3) is 0 Å². The van der Waals surface area contributed by atoms with Gasteiger partial charge in [0.2, 0.25) is 0 Å². The molecule has 0 atom stereocenters. The second-order valence-electron chi connectivity index (χ2n) is 9.59. The minimum atomic E-state index is 0.754. The first-order chi connectivity index (χ1) is 17.5. The maximum absolute atomic E-state index is 6.17. The number of hydrogen-bond donors (Lipinski definition) is 1. The van der Waals surface area contributed by atoms with Crippen LogP contribution in [0.3, 0.4) is 0 Å². The molecule has 0 aliphatic carbocycles. The molecule has 0 radical (unpaired) electrons. The maximum Gasteiger partial charge on any atom is 0.128 e. The Balaban J connectivity index is 1.61. The average Bonchev–Trinajstić information content (AvgIpc) is 3.30. The Labute approximate surface area is 225 Å². The number of halogens is 1. The summed E-state index contributed by atoms with van der Waals surface area (Å²) in [6, 6.07) is 25.7. The zero-order valence-corrected chi connectivity index (χ0v) is 22.9. The van der Waals surface area contributed by atoms with Crippen LogP contribution in [0.1, 0.15) is 35.2 Å². The predicted molar refractivity (Wildman–Crippen MR) is 158 cm³/mol. The van der Waals surface area contributed by atoms with Crippen LogP contribution in [0.4, 0.5) is 5.69 Å². The van der Waals surface area contributed by atoms with Gasteiger partial charge in [0.15, 0.2) is 0 Å². The third-order valence-corrected chi connectivity index (χ3v) is 8.23. The van der Waals surface area contributed by atoms with E-state index >= 15 is 0 Å². The molecule has 3 aromatic carbocycles. The highest BCUT2D eigenvalue weighted by atomic mass is 79.9. The molecule has 1 aliphatic rings. The largest absolute Gasteiger partial charge is 0.345 e. The van der Waals surface area contributed by atoms with E-state index in [2.05, 4.69) is 123 Å². The van der Waals surface area contributed by atoms with Crippen LogP contribution in [0.2, 0.25) is 0 Å². The molecule has 0 fully saturated rings. The van der Waals surface area contributed by atoms with Gasteiger partial charge in [0, 0.05) is 34.0 Å². The normalized spacial score (nSPS) is 13.1. The van der Waals surface area contributed by atoms with E-state index in [4.69, 9.17) is 12.2 Å².